The Morgan fingerprint density at radius 3 is 2.73 bits per heavy atom. The summed E-state index contributed by atoms with van der Waals surface area (Å²) in [6.07, 6.45) is 3.56. The molecule has 0 unspecified atom stereocenters. The van der Waals surface area contributed by atoms with Gasteiger partial charge in [0.25, 0.3) is 0 Å². The van der Waals surface area contributed by atoms with E-state index in [0.29, 0.717) is 6.54 Å². The lowest BCUT2D eigenvalue weighted by molar-refractivity contribution is -0.127. The molecule has 1 aromatic heterocycles. The summed E-state index contributed by atoms with van der Waals surface area (Å²) in [6, 6.07) is 12.9. The summed E-state index contributed by atoms with van der Waals surface area (Å²) in [5, 5.41) is 4.30. The first-order chi connectivity index (χ1) is 12.5. The molecule has 0 spiro atoms. The second-order valence-corrected chi connectivity index (χ2v) is 6.76. The number of rotatable bonds is 6. The fourth-order valence-electron chi connectivity index (χ4n) is 2.36. The van der Waals surface area contributed by atoms with Crippen molar-refractivity contribution < 1.29 is 13.6 Å². The fourth-order valence-corrected chi connectivity index (χ4v) is 3.26. The van der Waals surface area contributed by atoms with Gasteiger partial charge in [0.05, 0.1) is 17.6 Å². The van der Waals surface area contributed by atoms with Crippen LogP contribution < -0.4 is 0 Å². The highest BCUT2D eigenvalue weighted by Gasteiger charge is 2.13. The predicted molar refractivity (Wildman–Crippen MR) is 97.1 cm³/mol. The smallest absolute Gasteiger partial charge is 0.232 e. The van der Waals surface area contributed by atoms with Crippen LogP contribution in [0.2, 0.25) is 0 Å². The van der Waals surface area contributed by atoms with E-state index in [0.717, 1.165) is 41.2 Å². The normalized spacial score (nSPS) is 10.7. The van der Waals surface area contributed by atoms with Gasteiger partial charge in [0.1, 0.15) is 11.6 Å². The molecular formula is C19H17F2N3OS. The lowest BCUT2D eigenvalue weighted by atomic mass is 10.3. The first kappa shape index (κ1) is 18.1. The molecule has 3 aromatic rings. The van der Waals surface area contributed by atoms with Crippen LogP contribution in [0.15, 0.2) is 65.8 Å². The Balaban J connectivity index is 1.58. The van der Waals surface area contributed by atoms with Crippen LogP contribution in [0.25, 0.3) is 5.69 Å². The molecule has 26 heavy (non-hydrogen) atoms. The predicted octanol–water partition coefficient (Wildman–Crippen LogP) is 3.90. The fraction of sp³-hybridized carbons (Fsp3) is 0.158. The minimum Gasteiger partial charge on any atom is -0.341 e. The topological polar surface area (TPSA) is 38.1 Å². The van der Waals surface area contributed by atoms with Gasteiger partial charge in [-0.05, 0) is 30.3 Å². The van der Waals surface area contributed by atoms with Crippen LogP contribution in [0.4, 0.5) is 8.78 Å². The molecule has 0 bridgehead atoms. The van der Waals surface area contributed by atoms with Crippen LogP contribution >= 0.6 is 11.8 Å². The number of hydrogen-bond acceptors (Lipinski definition) is 3. The summed E-state index contributed by atoms with van der Waals surface area (Å²) in [5.74, 6) is -1.20. The quantitative estimate of drug-likeness (QED) is 0.615. The molecular weight excluding hydrogens is 356 g/mol. The number of aromatic nitrogens is 2. The molecule has 4 nitrogen and oxygen atoms in total. The van der Waals surface area contributed by atoms with E-state index < -0.39 is 11.6 Å². The molecule has 0 atom stereocenters. The molecule has 7 heteroatoms. The highest BCUT2D eigenvalue weighted by atomic mass is 32.2. The van der Waals surface area contributed by atoms with Crippen molar-refractivity contribution >= 4 is 17.7 Å². The van der Waals surface area contributed by atoms with Gasteiger partial charge in [-0.1, -0.05) is 18.2 Å². The lowest BCUT2D eigenvalue weighted by Crippen LogP contribution is -2.27. The number of carbonyl (C=O) groups excluding carboxylic acids is 1. The van der Waals surface area contributed by atoms with E-state index in [4.69, 9.17) is 0 Å². The molecule has 0 aliphatic rings. The van der Waals surface area contributed by atoms with E-state index in [9.17, 15) is 13.6 Å². The molecule has 0 saturated carbocycles. The van der Waals surface area contributed by atoms with Gasteiger partial charge >= 0.3 is 0 Å². The summed E-state index contributed by atoms with van der Waals surface area (Å²) >= 11 is 0.983. The monoisotopic (exact) mass is 373 g/mol. The number of halogens is 2. The van der Waals surface area contributed by atoms with Gasteiger partial charge < -0.3 is 4.90 Å². The van der Waals surface area contributed by atoms with E-state index in [1.54, 1.807) is 17.9 Å². The Morgan fingerprint density at radius 1 is 1.19 bits per heavy atom. The van der Waals surface area contributed by atoms with Gasteiger partial charge in [-0.3, -0.25) is 4.79 Å². The zero-order valence-electron chi connectivity index (χ0n) is 14.1. The van der Waals surface area contributed by atoms with Crippen molar-refractivity contribution in [2.75, 3.05) is 12.8 Å². The number of para-hydroxylation sites is 1. The van der Waals surface area contributed by atoms with E-state index in [2.05, 4.69) is 5.10 Å². The summed E-state index contributed by atoms with van der Waals surface area (Å²) in [7, 11) is 1.67. The van der Waals surface area contributed by atoms with E-state index in [1.807, 2.05) is 36.5 Å². The molecule has 0 fully saturated rings. The van der Waals surface area contributed by atoms with Crippen LogP contribution in [0, 0.1) is 11.6 Å². The maximum Gasteiger partial charge on any atom is 0.232 e. The van der Waals surface area contributed by atoms with Crippen molar-refractivity contribution in [1.82, 2.24) is 14.7 Å². The SMILES string of the molecule is CN(Cc1cnn(-c2ccccc2)c1)C(=O)CSc1cc(F)ccc1F. The van der Waals surface area contributed by atoms with Crippen LogP contribution in [-0.4, -0.2) is 33.4 Å². The molecule has 0 radical (unpaired) electrons. The third-order valence-electron chi connectivity index (χ3n) is 3.75. The Hall–Kier alpha value is -2.67. The molecule has 0 aliphatic heterocycles. The van der Waals surface area contributed by atoms with E-state index >= 15 is 0 Å². The van der Waals surface area contributed by atoms with Gasteiger partial charge in [-0.2, -0.15) is 5.10 Å². The molecule has 1 heterocycles. The molecule has 3 rings (SSSR count). The van der Waals surface area contributed by atoms with Crippen molar-refractivity contribution in [3.8, 4) is 5.69 Å². The summed E-state index contributed by atoms with van der Waals surface area (Å²) in [5.41, 5.74) is 1.82. The summed E-state index contributed by atoms with van der Waals surface area (Å²) in [4.78, 5) is 13.9. The zero-order chi connectivity index (χ0) is 18.5. The first-order valence-corrected chi connectivity index (χ1v) is 8.92. The molecule has 2 aromatic carbocycles. The highest BCUT2D eigenvalue weighted by molar-refractivity contribution is 8.00. The Labute approximate surface area is 154 Å². The van der Waals surface area contributed by atoms with Gasteiger partial charge in [0, 0.05) is 30.2 Å². The number of carbonyl (C=O) groups is 1. The Kier molecular flexibility index (Phi) is 5.68. The van der Waals surface area contributed by atoms with Crippen LogP contribution in [0.1, 0.15) is 5.56 Å². The summed E-state index contributed by atoms with van der Waals surface area (Å²) in [6.45, 7) is 0.387. The standard InChI is InChI=1S/C19H17F2N3OS/c1-23(19(25)13-26-18-9-15(20)7-8-17(18)21)11-14-10-22-24(12-14)16-5-3-2-4-6-16/h2-10,12H,11,13H2,1H3. The van der Waals surface area contributed by atoms with Crippen LogP contribution in [0.5, 0.6) is 0 Å². The van der Waals surface area contributed by atoms with E-state index in [-0.39, 0.29) is 16.6 Å². The minimum atomic E-state index is -0.531. The summed E-state index contributed by atoms with van der Waals surface area (Å²) < 4.78 is 28.5. The number of nitrogens with zero attached hydrogens (tertiary/aromatic N) is 3. The third kappa shape index (κ3) is 4.49. The largest absolute Gasteiger partial charge is 0.341 e. The van der Waals surface area contributed by atoms with Crippen LogP contribution in [0.3, 0.4) is 0 Å². The van der Waals surface area contributed by atoms with Gasteiger partial charge in [-0.15, -0.1) is 11.8 Å². The zero-order valence-corrected chi connectivity index (χ0v) is 14.9. The molecule has 0 N–H and O–H groups in total. The number of hydrogen-bond donors (Lipinski definition) is 0. The van der Waals surface area contributed by atoms with Crippen molar-refractivity contribution in [2.24, 2.45) is 0 Å². The molecule has 134 valence electrons. The van der Waals surface area contributed by atoms with Gasteiger partial charge in [-0.25, -0.2) is 13.5 Å². The number of benzene rings is 2. The average molecular weight is 373 g/mol. The van der Waals surface area contributed by atoms with Crippen molar-refractivity contribution in [2.45, 2.75) is 11.4 Å². The Bertz CT molecular complexity index is 899. The number of amides is 1. The molecule has 0 aliphatic carbocycles. The minimum absolute atomic E-state index is 0.0314. The van der Waals surface area contributed by atoms with Gasteiger partial charge in [0.2, 0.25) is 5.91 Å². The van der Waals surface area contributed by atoms with Crippen molar-refractivity contribution in [3.63, 3.8) is 0 Å². The maximum absolute atomic E-state index is 13.6. The number of thioether (sulfide) groups is 1. The third-order valence-corrected chi connectivity index (χ3v) is 4.76. The van der Waals surface area contributed by atoms with Gasteiger partial charge in [0.15, 0.2) is 0 Å². The van der Waals surface area contributed by atoms with Crippen molar-refractivity contribution in [3.05, 3.63) is 78.1 Å². The second-order valence-electron chi connectivity index (χ2n) is 5.74. The Morgan fingerprint density at radius 2 is 1.96 bits per heavy atom. The lowest BCUT2D eigenvalue weighted by Gasteiger charge is -2.16. The average Bonchev–Trinajstić information content (AvgIpc) is 3.11. The molecule has 0 saturated heterocycles. The van der Waals surface area contributed by atoms with Crippen LogP contribution in [-0.2, 0) is 11.3 Å². The highest BCUT2D eigenvalue weighted by Crippen LogP contribution is 2.23. The van der Waals surface area contributed by atoms with E-state index in [1.165, 1.54) is 4.90 Å². The first-order valence-electron chi connectivity index (χ1n) is 7.94. The maximum atomic E-state index is 13.6. The molecule has 1 amide bonds. The second kappa shape index (κ2) is 8.14. The van der Waals surface area contributed by atoms with Crippen molar-refractivity contribution in [1.29, 1.82) is 0 Å².